The van der Waals surface area contributed by atoms with Crippen molar-refractivity contribution in [1.29, 1.82) is 0 Å². The maximum absolute atomic E-state index is 11.9. The van der Waals surface area contributed by atoms with Crippen molar-refractivity contribution in [3.63, 3.8) is 0 Å². The standard InChI is InChI=1S/C11H14F2N2O2/c1-2-9(10(14)16)15-7-3-5-8(6-4-7)17-11(12)13/h3-6,9,11,15H,2H2,1H3,(H2,14,16). The summed E-state index contributed by atoms with van der Waals surface area (Å²) in [6.45, 7) is -1.03. The molecule has 0 radical (unpaired) electrons. The largest absolute Gasteiger partial charge is 0.435 e. The predicted octanol–water partition coefficient (Wildman–Crippen LogP) is 1.96. The van der Waals surface area contributed by atoms with Gasteiger partial charge in [0.2, 0.25) is 5.91 Å². The fourth-order valence-electron chi connectivity index (χ4n) is 1.31. The highest BCUT2D eigenvalue weighted by atomic mass is 19.3. The lowest BCUT2D eigenvalue weighted by Crippen LogP contribution is -2.34. The van der Waals surface area contributed by atoms with E-state index in [-0.39, 0.29) is 5.75 Å². The number of rotatable bonds is 6. The van der Waals surface area contributed by atoms with Crippen LogP contribution in [0.4, 0.5) is 14.5 Å². The van der Waals surface area contributed by atoms with E-state index < -0.39 is 18.6 Å². The van der Waals surface area contributed by atoms with Crippen LogP contribution in [0.15, 0.2) is 24.3 Å². The number of nitrogens with one attached hydrogen (secondary N) is 1. The zero-order valence-corrected chi connectivity index (χ0v) is 9.32. The summed E-state index contributed by atoms with van der Waals surface area (Å²) in [7, 11) is 0. The second-order valence-corrected chi connectivity index (χ2v) is 3.41. The summed E-state index contributed by atoms with van der Waals surface area (Å²) in [4.78, 5) is 11.0. The molecule has 1 aromatic rings. The molecule has 1 unspecified atom stereocenters. The van der Waals surface area contributed by atoms with Crippen LogP contribution >= 0.6 is 0 Å². The summed E-state index contributed by atoms with van der Waals surface area (Å²) < 4.78 is 28.0. The normalized spacial score (nSPS) is 12.2. The second kappa shape index (κ2) is 6.03. The summed E-state index contributed by atoms with van der Waals surface area (Å²) in [5, 5.41) is 2.89. The average molecular weight is 244 g/mol. The van der Waals surface area contributed by atoms with Gasteiger partial charge in [-0.05, 0) is 30.7 Å². The molecule has 0 bridgehead atoms. The van der Waals surface area contributed by atoms with Crippen molar-refractivity contribution in [2.75, 3.05) is 5.32 Å². The molecule has 1 atom stereocenters. The Morgan fingerprint density at radius 2 is 2.00 bits per heavy atom. The van der Waals surface area contributed by atoms with Crippen LogP contribution < -0.4 is 15.8 Å². The van der Waals surface area contributed by atoms with E-state index in [0.717, 1.165) is 0 Å². The van der Waals surface area contributed by atoms with E-state index in [2.05, 4.69) is 10.1 Å². The van der Waals surface area contributed by atoms with E-state index in [0.29, 0.717) is 12.1 Å². The van der Waals surface area contributed by atoms with Gasteiger partial charge in [0.25, 0.3) is 0 Å². The van der Waals surface area contributed by atoms with Crippen LogP contribution in [0.5, 0.6) is 5.75 Å². The third-order valence-electron chi connectivity index (χ3n) is 2.17. The van der Waals surface area contributed by atoms with Crippen LogP contribution in [0, 0.1) is 0 Å². The number of alkyl halides is 2. The van der Waals surface area contributed by atoms with Gasteiger partial charge in [0.1, 0.15) is 11.8 Å². The van der Waals surface area contributed by atoms with E-state index in [4.69, 9.17) is 5.73 Å². The van der Waals surface area contributed by atoms with E-state index in [1.54, 1.807) is 12.1 Å². The number of primary amides is 1. The number of benzene rings is 1. The Bertz CT molecular complexity index is 368. The van der Waals surface area contributed by atoms with Crippen LogP contribution in [0.1, 0.15) is 13.3 Å². The maximum Gasteiger partial charge on any atom is 0.387 e. The molecule has 0 aliphatic heterocycles. The van der Waals surface area contributed by atoms with E-state index in [9.17, 15) is 13.6 Å². The molecule has 4 nitrogen and oxygen atoms in total. The molecule has 0 saturated heterocycles. The molecule has 1 aromatic carbocycles. The van der Waals surface area contributed by atoms with Crippen molar-refractivity contribution < 1.29 is 18.3 Å². The molecule has 0 spiro atoms. The van der Waals surface area contributed by atoms with Crippen molar-refractivity contribution in [2.45, 2.75) is 26.0 Å². The van der Waals surface area contributed by atoms with Gasteiger partial charge in [-0.2, -0.15) is 8.78 Å². The molecular weight excluding hydrogens is 230 g/mol. The Morgan fingerprint density at radius 3 is 2.41 bits per heavy atom. The highest BCUT2D eigenvalue weighted by Crippen LogP contribution is 2.18. The molecule has 3 N–H and O–H groups in total. The summed E-state index contributed by atoms with van der Waals surface area (Å²) in [5.41, 5.74) is 5.79. The Labute approximate surface area is 97.8 Å². The Hall–Kier alpha value is -1.85. The Morgan fingerprint density at radius 1 is 1.41 bits per heavy atom. The number of hydrogen-bond donors (Lipinski definition) is 2. The first-order valence-corrected chi connectivity index (χ1v) is 5.13. The molecule has 0 aliphatic rings. The molecule has 6 heteroatoms. The summed E-state index contributed by atoms with van der Waals surface area (Å²) in [6, 6.07) is 5.40. The van der Waals surface area contributed by atoms with Crippen LogP contribution in [-0.2, 0) is 4.79 Å². The molecule has 0 aromatic heterocycles. The summed E-state index contributed by atoms with van der Waals surface area (Å²) in [5.74, 6) is -0.391. The minimum Gasteiger partial charge on any atom is -0.435 e. The number of hydrogen-bond acceptors (Lipinski definition) is 3. The zero-order chi connectivity index (χ0) is 12.8. The van der Waals surface area contributed by atoms with Crippen molar-refractivity contribution in [3.05, 3.63) is 24.3 Å². The molecule has 0 fully saturated rings. The smallest absolute Gasteiger partial charge is 0.387 e. The third-order valence-corrected chi connectivity index (χ3v) is 2.17. The molecule has 17 heavy (non-hydrogen) atoms. The number of anilines is 1. The topological polar surface area (TPSA) is 64.3 Å². The van der Waals surface area contributed by atoms with Gasteiger partial charge in [-0.15, -0.1) is 0 Å². The van der Waals surface area contributed by atoms with Gasteiger partial charge in [-0.1, -0.05) is 6.92 Å². The zero-order valence-electron chi connectivity index (χ0n) is 9.32. The minimum absolute atomic E-state index is 0.0673. The lowest BCUT2D eigenvalue weighted by Gasteiger charge is -2.14. The molecule has 94 valence electrons. The fraction of sp³-hybridized carbons (Fsp3) is 0.364. The molecule has 1 rings (SSSR count). The number of ether oxygens (including phenoxy) is 1. The first-order valence-electron chi connectivity index (χ1n) is 5.13. The quantitative estimate of drug-likeness (QED) is 0.804. The summed E-state index contributed by atoms with van der Waals surface area (Å²) in [6.07, 6.45) is 0.546. The van der Waals surface area contributed by atoms with Crippen molar-refractivity contribution in [1.82, 2.24) is 0 Å². The highest BCUT2D eigenvalue weighted by Gasteiger charge is 2.12. The van der Waals surface area contributed by atoms with E-state index in [1.165, 1.54) is 12.1 Å². The maximum atomic E-state index is 11.9. The number of nitrogens with two attached hydrogens (primary N) is 1. The number of carbonyl (C=O) groups is 1. The van der Waals surface area contributed by atoms with Gasteiger partial charge in [-0.3, -0.25) is 4.79 Å². The first kappa shape index (κ1) is 13.2. The van der Waals surface area contributed by atoms with Crippen LogP contribution in [-0.4, -0.2) is 18.6 Å². The predicted molar refractivity (Wildman–Crippen MR) is 60.0 cm³/mol. The van der Waals surface area contributed by atoms with Gasteiger partial charge in [0.05, 0.1) is 0 Å². The summed E-state index contributed by atoms with van der Waals surface area (Å²) >= 11 is 0. The second-order valence-electron chi connectivity index (χ2n) is 3.41. The monoisotopic (exact) mass is 244 g/mol. The van der Waals surface area contributed by atoms with Gasteiger partial charge in [0, 0.05) is 5.69 Å². The Kier molecular flexibility index (Phi) is 4.68. The minimum atomic E-state index is -2.84. The van der Waals surface area contributed by atoms with Gasteiger partial charge in [0.15, 0.2) is 0 Å². The number of amides is 1. The van der Waals surface area contributed by atoms with Crippen LogP contribution in [0.3, 0.4) is 0 Å². The molecule has 0 aliphatic carbocycles. The van der Waals surface area contributed by atoms with E-state index in [1.807, 2.05) is 6.92 Å². The molecule has 1 amide bonds. The van der Waals surface area contributed by atoms with Gasteiger partial charge in [-0.25, -0.2) is 0 Å². The SMILES string of the molecule is CCC(Nc1ccc(OC(F)F)cc1)C(N)=O. The van der Waals surface area contributed by atoms with Crippen molar-refractivity contribution in [2.24, 2.45) is 5.73 Å². The lowest BCUT2D eigenvalue weighted by atomic mass is 10.2. The molecular formula is C11H14F2N2O2. The number of halogens is 2. The number of carbonyl (C=O) groups excluding carboxylic acids is 1. The van der Waals surface area contributed by atoms with E-state index >= 15 is 0 Å². The average Bonchev–Trinajstić information content (AvgIpc) is 2.26. The van der Waals surface area contributed by atoms with Crippen molar-refractivity contribution >= 4 is 11.6 Å². The first-order chi connectivity index (χ1) is 8.02. The highest BCUT2D eigenvalue weighted by molar-refractivity contribution is 5.82. The van der Waals surface area contributed by atoms with Gasteiger partial charge >= 0.3 is 6.61 Å². The van der Waals surface area contributed by atoms with Crippen molar-refractivity contribution in [3.8, 4) is 5.75 Å². The Balaban J connectivity index is 2.64. The third kappa shape index (κ3) is 4.26. The molecule has 0 saturated carbocycles. The van der Waals surface area contributed by atoms with Crippen LogP contribution in [0.2, 0.25) is 0 Å². The lowest BCUT2D eigenvalue weighted by molar-refractivity contribution is -0.118. The fourth-order valence-corrected chi connectivity index (χ4v) is 1.31. The van der Waals surface area contributed by atoms with Crippen LogP contribution in [0.25, 0.3) is 0 Å². The molecule has 0 heterocycles. The van der Waals surface area contributed by atoms with Gasteiger partial charge < -0.3 is 15.8 Å².